The maximum absolute atomic E-state index is 10.7. The Kier molecular flexibility index (Phi) is 5.94. The third-order valence-electron chi connectivity index (χ3n) is 3.62. The van der Waals surface area contributed by atoms with E-state index in [0.29, 0.717) is 11.7 Å². The van der Waals surface area contributed by atoms with Crippen molar-refractivity contribution in [2.45, 2.75) is 38.2 Å². The first-order valence-corrected chi connectivity index (χ1v) is 8.45. The molecule has 0 aromatic heterocycles. The number of thioether (sulfide) groups is 1. The van der Waals surface area contributed by atoms with Crippen molar-refractivity contribution in [2.75, 3.05) is 18.1 Å². The molecule has 4 nitrogen and oxygen atoms in total. The number of carboxylic acid groups (broad SMARTS) is 1. The number of carboxylic acids is 1. The van der Waals surface area contributed by atoms with Crippen molar-refractivity contribution in [3.63, 3.8) is 0 Å². The van der Waals surface area contributed by atoms with Gasteiger partial charge in [-0.3, -0.25) is 0 Å². The van der Waals surface area contributed by atoms with Crippen LogP contribution >= 0.6 is 11.8 Å². The zero-order chi connectivity index (χ0) is 15.2. The van der Waals surface area contributed by atoms with Gasteiger partial charge >= 0.3 is 5.97 Å². The van der Waals surface area contributed by atoms with Gasteiger partial charge in [-0.25, -0.2) is 4.79 Å². The lowest BCUT2D eigenvalue weighted by atomic mass is 9.83. The fourth-order valence-electron chi connectivity index (χ4n) is 2.74. The zero-order valence-corrected chi connectivity index (χ0v) is 13.1. The lowest BCUT2D eigenvalue weighted by Crippen LogP contribution is -2.16. The normalized spacial score (nSPS) is 18.9. The molecule has 21 heavy (non-hydrogen) atoms. The quantitative estimate of drug-likeness (QED) is 0.810. The second-order valence-electron chi connectivity index (χ2n) is 5.48. The number of aliphatic hydroxyl groups excluding tert-OH is 1. The van der Waals surface area contributed by atoms with Crippen molar-refractivity contribution in [3.05, 3.63) is 29.3 Å². The Morgan fingerprint density at radius 2 is 2.33 bits per heavy atom. The van der Waals surface area contributed by atoms with Crippen LogP contribution in [0.5, 0.6) is 5.75 Å². The van der Waals surface area contributed by atoms with Crippen molar-refractivity contribution in [2.24, 2.45) is 0 Å². The fourth-order valence-corrected chi connectivity index (χ4v) is 3.85. The number of hydrogen-bond acceptors (Lipinski definition) is 4. The summed E-state index contributed by atoms with van der Waals surface area (Å²) in [5.41, 5.74) is 2.44. The molecule has 0 aliphatic heterocycles. The van der Waals surface area contributed by atoms with E-state index in [1.165, 1.54) is 5.56 Å². The van der Waals surface area contributed by atoms with Crippen molar-refractivity contribution < 1.29 is 19.7 Å². The molecular weight excluding hydrogens is 288 g/mol. The molecule has 2 N–H and O–H groups in total. The maximum atomic E-state index is 10.7. The van der Waals surface area contributed by atoms with Gasteiger partial charge in [0.15, 0.2) is 6.61 Å². The van der Waals surface area contributed by atoms with Gasteiger partial charge in [-0.15, -0.1) is 0 Å². The van der Waals surface area contributed by atoms with Crippen LogP contribution in [0.2, 0.25) is 0 Å². The van der Waals surface area contributed by atoms with Gasteiger partial charge in [0.05, 0.1) is 6.10 Å². The molecule has 0 saturated heterocycles. The van der Waals surface area contributed by atoms with E-state index < -0.39 is 5.97 Å². The highest BCUT2D eigenvalue weighted by molar-refractivity contribution is 7.99. The van der Waals surface area contributed by atoms with Gasteiger partial charge in [0.1, 0.15) is 5.75 Å². The van der Waals surface area contributed by atoms with Crippen LogP contribution in [0.1, 0.15) is 36.8 Å². The standard InChI is InChI=1S/C16H22O4S/c1-11(17)9-21-10-12-4-2-6-14-13(12)5-3-7-15(14)20-8-16(18)19/h3,5,7,11-12,17H,2,4,6,8-10H2,1H3,(H,18,19). The summed E-state index contributed by atoms with van der Waals surface area (Å²) in [4.78, 5) is 10.7. The summed E-state index contributed by atoms with van der Waals surface area (Å²) in [7, 11) is 0. The Labute approximate surface area is 129 Å². The van der Waals surface area contributed by atoms with Gasteiger partial charge in [0, 0.05) is 11.5 Å². The molecule has 0 amide bonds. The molecule has 0 spiro atoms. The number of benzene rings is 1. The molecule has 2 unspecified atom stereocenters. The number of rotatable bonds is 7. The second kappa shape index (κ2) is 7.71. The van der Waals surface area contributed by atoms with Crippen molar-refractivity contribution >= 4 is 17.7 Å². The highest BCUT2D eigenvalue weighted by Gasteiger charge is 2.23. The maximum Gasteiger partial charge on any atom is 0.341 e. The summed E-state index contributed by atoms with van der Waals surface area (Å²) >= 11 is 1.77. The van der Waals surface area contributed by atoms with Crippen LogP contribution in [-0.2, 0) is 11.2 Å². The predicted octanol–water partition coefficient (Wildman–Crippen LogP) is 2.68. The van der Waals surface area contributed by atoms with Crippen LogP contribution in [0.15, 0.2) is 18.2 Å². The van der Waals surface area contributed by atoms with E-state index in [0.717, 1.165) is 36.3 Å². The van der Waals surface area contributed by atoms with Crippen LogP contribution in [0.25, 0.3) is 0 Å². The van der Waals surface area contributed by atoms with Gasteiger partial charge in [-0.1, -0.05) is 12.1 Å². The van der Waals surface area contributed by atoms with E-state index in [2.05, 4.69) is 6.07 Å². The van der Waals surface area contributed by atoms with Gasteiger partial charge in [0.2, 0.25) is 0 Å². The van der Waals surface area contributed by atoms with Crippen LogP contribution in [0, 0.1) is 0 Å². The first-order valence-electron chi connectivity index (χ1n) is 7.30. The van der Waals surface area contributed by atoms with Crippen molar-refractivity contribution in [1.82, 2.24) is 0 Å². The van der Waals surface area contributed by atoms with E-state index in [1.807, 2.05) is 12.1 Å². The monoisotopic (exact) mass is 310 g/mol. The number of ether oxygens (including phenoxy) is 1. The summed E-state index contributed by atoms with van der Waals surface area (Å²) in [6, 6.07) is 5.91. The van der Waals surface area contributed by atoms with Gasteiger partial charge in [0.25, 0.3) is 0 Å². The summed E-state index contributed by atoms with van der Waals surface area (Å²) in [5.74, 6) is 1.96. The molecule has 1 aromatic carbocycles. The topological polar surface area (TPSA) is 66.8 Å². The molecule has 0 bridgehead atoms. The molecule has 0 radical (unpaired) electrons. The molecule has 116 valence electrons. The molecule has 0 heterocycles. The summed E-state index contributed by atoms with van der Waals surface area (Å²) in [5, 5.41) is 18.1. The molecule has 2 rings (SSSR count). The average molecular weight is 310 g/mol. The zero-order valence-electron chi connectivity index (χ0n) is 12.2. The molecule has 0 fully saturated rings. The lowest BCUT2D eigenvalue weighted by Gasteiger charge is -2.27. The largest absolute Gasteiger partial charge is 0.482 e. The van der Waals surface area contributed by atoms with E-state index in [1.54, 1.807) is 18.7 Å². The Morgan fingerprint density at radius 3 is 3.05 bits per heavy atom. The van der Waals surface area contributed by atoms with Gasteiger partial charge in [-0.05, 0) is 49.3 Å². The highest BCUT2D eigenvalue weighted by atomic mass is 32.2. The number of aliphatic carboxylic acids is 1. The third-order valence-corrected chi connectivity index (χ3v) is 4.97. The Balaban J connectivity index is 2.07. The summed E-state index contributed by atoms with van der Waals surface area (Å²) < 4.78 is 5.41. The molecule has 1 aromatic rings. The number of hydrogen-bond donors (Lipinski definition) is 2. The minimum Gasteiger partial charge on any atom is -0.482 e. The average Bonchev–Trinajstić information content (AvgIpc) is 2.45. The van der Waals surface area contributed by atoms with Crippen LogP contribution in [0.3, 0.4) is 0 Å². The van der Waals surface area contributed by atoms with E-state index >= 15 is 0 Å². The SMILES string of the molecule is CC(O)CSCC1CCCc2c(OCC(=O)O)cccc21. The third kappa shape index (κ3) is 4.64. The Morgan fingerprint density at radius 1 is 1.52 bits per heavy atom. The Bertz CT molecular complexity index is 487. The molecule has 2 atom stereocenters. The fraction of sp³-hybridized carbons (Fsp3) is 0.562. The van der Waals surface area contributed by atoms with Crippen LogP contribution < -0.4 is 4.74 Å². The van der Waals surface area contributed by atoms with E-state index in [9.17, 15) is 9.90 Å². The van der Waals surface area contributed by atoms with Crippen molar-refractivity contribution in [1.29, 1.82) is 0 Å². The predicted molar refractivity (Wildman–Crippen MR) is 84.3 cm³/mol. The molecule has 1 aliphatic carbocycles. The number of fused-ring (bicyclic) bond motifs is 1. The first kappa shape index (κ1) is 16.2. The second-order valence-corrected chi connectivity index (χ2v) is 6.56. The van der Waals surface area contributed by atoms with Gasteiger partial charge < -0.3 is 14.9 Å². The number of carbonyl (C=O) groups is 1. The molecule has 0 saturated carbocycles. The number of aliphatic hydroxyl groups is 1. The van der Waals surface area contributed by atoms with Gasteiger partial charge in [-0.2, -0.15) is 11.8 Å². The lowest BCUT2D eigenvalue weighted by molar-refractivity contribution is -0.139. The highest BCUT2D eigenvalue weighted by Crippen LogP contribution is 2.38. The molecule has 5 heteroatoms. The van der Waals surface area contributed by atoms with E-state index in [-0.39, 0.29) is 12.7 Å². The first-order chi connectivity index (χ1) is 10.1. The van der Waals surface area contributed by atoms with E-state index in [4.69, 9.17) is 9.84 Å². The Hall–Kier alpha value is -1.20. The molecule has 1 aliphatic rings. The summed E-state index contributed by atoms with van der Waals surface area (Å²) in [6.45, 7) is 1.51. The van der Waals surface area contributed by atoms with Crippen LogP contribution in [0.4, 0.5) is 0 Å². The minimum atomic E-state index is -0.951. The smallest absolute Gasteiger partial charge is 0.341 e. The summed E-state index contributed by atoms with van der Waals surface area (Å²) in [6.07, 6.45) is 2.91. The molecular formula is C16H22O4S. The van der Waals surface area contributed by atoms with Crippen LogP contribution in [-0.4, -0.2) is 40.4 Å². The minimum absolute atomic E-state index is 0.275. The van der Waals surface area contributed by atoms with Crippen molar-refractivity contribution in [3.8, 4) is 5.75 Å².